The Morgan fingerprint density at radius 3 is 1.82 bits per heavy atom. The Morgan fingerprint density at radius 2 is 1.73 bits per heavy atom. The van der Waals surface area contributed by atoms with Crippen molar-refractivity contribution in [3.63, 3.8) is 0 Å². The van der Waals surface area contributed by atoms with Crippen molar-refractivity contribution in [2.75, 3.05) is 0 Å². The molecule has 1 atom stereocenters. The molecule has 0 aromatic rings. The molecule has 0 rings (SSSR count). The zero-order valence-corrected chi connectivity index (χ0v) is 8.48. The largest absolute Gasteiger partial charge is 0.304 e. The van der Waals surface area contributed by atoms with Crippen LogP contribution >= 0.6 is 12.6 Å². The summed E-state index contributed by atoms with van der Waals surface area (Å²) in [5.41, 5.74) is 0. The molecule has 0 aliphatic carbocycles. The van der Waals surface area contributed by atoms with Crippen LogP contribution in [0.4, 0.5) is 0 Å². The van der Waals surface area contributed by atoms with Crippen LogP contribution in [0.5, 0.6) is 0 Å². The zero-order valence-electron chi connectivity index (χ0n) is 7.59. The molecule has 0 aliphatic heterocycles. The van der Waals surface area contributed by atoms with E-state index in [0.717, 1.165) is 0 Å². The molecule has 0 saturated heterocycles. The van der Waals surface area contributed by atoms with Crippen LogP contribution in [0.15, 0.2) is 0 Å². The van der Waals surface area contributed by atoms with Crippen molar-refractivity contribution in [3.8, 4) is 0 Å². The Bertz CT molecular complexity index is 134. The zero-order chi connectivity index (χ0) is 9.02. The van der Waals surface area contributed by atoms with Crippen molar-refractivity contribution < 1.29 is 4.79 Å². The van der Waals surface area contributed by atoms with Crippen LogP contribution < -0.4 is 5.32 Å². The standard InChI is InChI=1S/C8H17NOS/c1-5(2)7(8(10)11)9-6(3)4/h5-7,9H,1-4H3,(H,10,11). The fourth-order valence-corrected chi connectivity index (χ4v) is 1.28. The lowest BCUT2D eigenvalue weighted by molar-refractivity contribution is -0.113. The molecule has 0 aromatic heterocycles. The average Bonchev–Trinajstić information content (AvgIpc) is 1.81. The van der Waals surface area contributed by atoms with Crippen LogP contribution in [0.1, 0.15) is 27.7 Å². The second kappa shape index (κ2) is 4.78. The topological polar surface area (TPSA) is 29.1 Å². The summed E-state index contributed by atoms with van der Waals surface area (Å²) in [6, 6.07) is 0.219. The van der Waals surface area contributed by atoms with E-state index in [2.05, 4.69) is 17.9 Å². The van der Waals surface area contributed by atoms with Crippen LogP contribution in [0, 0.1) is 5.92 Å². The maximum Gasteiger partial charge on any atom is 0.203 e. The van der Waals surface area contributed by atoms with Gasteiger partial charge in [-0.1, -0.05) is 27.7 Å². The van der Waals surface area contributed by atoms with Gasteiger partial charge in [0.25, 0.3) is 0 Å². The van der Waals surface area contributed by atoms with Gasteiger partial charge in [0, 0.05) is 6.04 Å². The quantitative estimate of drug-likeness (QED) is 0.633. The monoisotopic (exact) mass is 175 g/mol. The molecule has 66 valence electrons. The molecule has 0 amide bonds. The first kappa shape index (κ1) is 11.0. The molecule has 0 heterocycles. The highest BCUT2D eigenvalue weighted by atomic mass is 32.1. The van der Waals surface area contributed by atoms with E-state index in [1.165, 1.54) is 0 Å². The van der Waals surface area contributed by atoms with Crippen molar-refractivity contribution in [3.05, 3.63) is 0 Å². The van der Waals surface area contributed by atoms with E-state index in [-0.39, 0.29) is 11.2 Å². The van der Waals surface area contributed by atoms with E-state index in [1.54, 1.807) is 0 Å². The first-order valence-corrected chi connectivity index (χ1v) is 4.38. The van der Waals surface area contributed by atoms with E-state index in [4.69, 9.17) is 0 Å². The maximum atomic E-state index is 10.9. The summed E-state index contributed by atoms with van der Waals surface area (Å²) in [5.74, 6) is 0.308. The van der Waals surface area contributed by atoms with Gasteiger partial charge in [0.2, 0.25) is 5.12 Å². The summed E-state index contributed by atoms with van der Waals surface area (Å²) in [6.07, 6.45) is 0. The van der Waals surface area contributed by atoms with Crippen molar-refractivity contribution in [2.45, 2.75) is 39.8 Å². The van der Waals surface area contributed by atoms with Gasteiger partial charge in [0.15, 0.2) is 0 Å². The summed E-state index contributed by atoms with van der Waals surface area (Å²) in [5, 5.41) is 3.08. The van der Waals surface area contributed by atoms with Crippen molar-refractivity contribution in [1.82, 2.24) is 5.32 Å². The average molecular weight is 175 g/mol. The van der Waals surface area contributed by atoms with Crippen LogP contribution in [-0.2, 0) is 4.79 Å². The minimum atomic E-state index is -0.113. The normalized spacial score (nSPS) is 14.1. The lowest BCUT2D eigenvalue weighted by Crippen LogP contribution is -2.42. The minimum absolute atomic E-state index is 0.0753. The molecule has 2 nitrogen and oxygen atoms in total. The predicted molar refractivity (Wildman–Crippen MR) is 50.9 cm³/mol. The third kappa shape index (κ3) is 4.43. The number of carbonyl (C=O) groups excluding carboxylic acids is 1. The van der Waals surface area contributed by atoms with Crippen molar-refractivity contribution in [1.29, 1.82) is 0 Å². The number of rotatable bonds is 4. The smallest absolute Gasteiger partial charge is 0.203 e. The van der Waals surface area contributed by atoms with Crippen molar-refractivity contribution in [2.24, 2.45) is 5.92 Å². The van der Waals surface area contributed by atoms with E-state index >= 15 is 0 Å². The van der Waals surface area contributed by atoms with E-state index < -0.39 is 0 Å². The van der Waals surface area contributed by atoms with Crippen LogP contribution in [0.2, 0.25) is 0 Å². The minimum Gasteiger partial charge on any atom is -0.304 e. The molecule has 0 radical (unpaired) electrons. The predicted octanol–water partition coefficient (Wildman–Crippen LogP) is 1.47. The molecule has 0 aromatic carbocycles. The SMILES string of the molecule is CC(C)NC(C(=O)S)C(C)C. The molecule has 1 unspecified atom stereocenters. The van der Waals surface area contributed by atoms with E-state index in [0.29, 0.717) is 12.0 Å². The Hall–Kier alpha value is -0.0200. The Balaban J connectivity index is 4.01. The number of carbonyl (C=O) groups is 1. The first-order valence-electron chi connectivity index (χ1n) is 3.94. The highest BCUT2D eigenvalue weighted by Gasteiger charge is 2.18. The first-order chi connectivity index (χ1) is 4.95. The molecular weight excluding hydrogens is 158 g/mol. The molecule has 1 N–H and O–H groups in total. The summed E-state index contributed by atoms with van der Waals surface area (Å²) in [6.45, 7) is 8.06. The van der Waals surface area contributed by atoms with Crippen molar-refractivity contribution >= 4 is 17.7 Å². The van der Waals surface area contributed by atoms with Gasteiger partial charge < -0.3 is 5.32 Å². The second-order valence-corrected chi connectivity index (χ2v) is 3.82. The third-order valence-electron chi connectivity index (χ3n) is 1.45. The Labute approximate surface area is 74.2 Å². The highest BCUT2D eigenvalue weighted by Crippen LogP contribution is 2.05. The summed E-state index contributed by atoms with van der Waals surface area (Å²) in [4.78, 5) is 10.9. The van der Waals surface area contributed by atoms with Gasteiger partial charge in [-0.3, -0.25) is 4.79 Å². The van der Waals surface area contributed by atoms with Gasteiger partial charge in [-0.15, -0.1) is 12.6 Å². The lowest BCUT2D eigenvalue weighted by atomic mass is 10.1. The molecule has 0 spiro atoms. The molecule has 0 saturated carbocycles. The van der Waals surface area contributed by atoms with Gasteiger partial charge in [0.05, 0.1) is 6.04 Å². The van der Waals surface area contributed by atoms with E-state index in [1.807, 2.05) is 27.7 Å². The van der Waals surface area contributed by atoms with Crippen LogP contribution in [0.3, 0.4) is 0 Å². The summed E-state index contributed by atoms with van der Waals surface area (Å²) >= 11 is 3.81. The van der Waals surface area contributed by atoms with Gasteiger partial charge >= 0.3 is 0 Å². The van der Waals surface area contributed by atoms with Gasteiger partial charge in [-0.25, -0.2) is 0 Å². The number of thiol groups is 1. The van der Waals surface area contributed by atoms with Gasteiger partial charge in [0.1, 0.15) is 0 Å². The van der Waals surface area contributed by atoms with Gasteiger partial charge in [-0.2, -0.15) is 0 Å². The molecule has 0 fully saturated rings. The molecule has 3 heteroatoms. The van der Waals surface area contributed by atoms with Crippen LogP contribution in [0.25, 0.3) is 0 Å². The summed E-state index contributed by atoms with van der Waals surface area (Å²) < 4.78 is 0. The third-order valence-corrected chi connectivity index (χ3v) is 1.72. The molecule has 0 bridgehead atoms. The Kier molecular flexibility index (Phi) is 4.77. The molecule has 0 aliphatic rings. The molecular formula is C8H17NOS. The second-order valence-electron chi connectivity index (χ2n) is 3.38. The fraction of sp³-hybridized carbons (Fsp3) is 0.875. The highest BCUT2D eigenvalue weighted by molar-refractivity contribution is 7.96. The molecule has 11 heavy (non-hydrogen) atoms. The van der Waals surface area contributed by atoms with Gasteiger partial charge in [-0.05, 0) is 5.92 Å². The maximum absolute atomic E-state index is 10.9. The Morgan fingerprint density at radius 1 is 1.27 bits per heavy atom. The fourth-order valence-electron chi connectivity index (χ4n) is 0.908. The number of hydrogen-bond acceptors (Lipinski definition) is 2. The van der Waals surface area contributed by atoms with Crippen LogP contribution in [-0.4, -0.2) is 17.2 Å². The summed E-state index contributed by atoms with van der Waals surface area (Å²) in [7, 11) is 0. The number of nitrogens with one attached hydrogen (secondary N) is 1. The van der Waals surface area contributed by atoms with E-state index in [9.17, 15) is 4.79 Å². The lowest BCUT2D eigenvalue weighted by Gasteiger charge is -2.21. The number of hydrogen-bond donors (Lipinski definition) is 2.